The third-order valence-electron chi connectivity index (χ3n) is 4.01. The van der Waals surface area contributed by atoms with E-state index in [1.807, 2.05) is 35.0 Å². The number of carbonyl (C=O) groups is 1. The first-order chi connectivity index (χ1) is 12.6. The number of nitrogens with one attached hydrogen (secondary N) is 1. The molecule has 0 aliphatic heterocycles. The molecule has 3 aromatic rings. The van der Waals surface area contributed by atoms with Crippen LogP contribution in [0, 0.1) is 0 Å². The van der Waals surface area contributed by atoms with E-state index in [1.165, 1.54) is 0 Å². The van der Waals surface area contributed by atoms with Crippen molar-refractivity contribution in [2.24, 2.45) is 0 Å². The molecule has 0 saturated carbocycles. The van der Waals surface area contributed by atoms with E-state index < -0.39 is 5.97 Å². The first kappa shape index (κ1) is 21.8. The molecule has 6 nitrogen and oxygen atoms in total. The van der Waals surface area contributed by atoms with Crippen LogP contribution < -0.4 is 66.5 Å². The molecule has 0 amide bonds. The minimum Gasteiger partial charge on any atom is -0.545 e. The van der Waals surface area contributed by atoms with Crippen LogP contribution >= 0.6 is 0 Å². The molecule has 1 aromatic heterocycles. The molecule has 0 bridgehead atoms. The Morgan fingerprint density at radius 1 is 1.15 bits per heavy atom. The van der Waals surface area contributed by atoms with Crippen LogP contribution in [0.3, 0.4) is 0 Å². The fourth-order valence-electron chi connectivity index (χ4n) is 2.66. The number of carboxylic acid groups (broad SMARTS) is 1. The van der Waals surface area contributed by atoms with Gasteiger partial charge in [0, 0.05) is 25.8 Å². The van der Waals surface area contributed by atoms with Gasteiger partial charge in [0.05, 0.1) is 25.1 Å². The number of nitrogens with zero attached hydrogens (tertiary/aromatic N) is 2. The van der Waals surface area contributed by atoms with Gasteiger partial charge in [0.25, 0.3) is 0 Å². The van der Waals surface area contributed by atoms with Crippen molar-refractivity contribution in [1.82, 2.24) is 14.9 Å². The molecule has 0 aliphatic rings. The van der Waals surface area contributed by atoms with Gasteiger partial charge in [-0.25, -0.2) is 4.98 Å². The monoisotopic (exact) mass is 389 g/mol. The number of imidazole rings is 1. The molecule has 1 N–H and O–H groups in total. The Bertz CT molecular complexity index is 878. The average Bonchev–Trinajstić information content (AvgIpc) is 3.09. The van der Waals surface area contributed by atoms with Crippen LogP contribution in [0.4, 0.5) is 0 Å². The Morgan fingerprint density at radius 2 is 1.93 bits per heavy atom. The molecule has 0 radical (unpaired) electrons. The maximum absolute atomic E-state index is 10.8. The molecule has 134 valence electrons. The SMILES string of the molecule is COc1cccc(CNCc2cn(Cc3ccc(C(=O)[O-])cc3)cn2)c1.[K+]. The smallest absolute Gasteiger partial charge is 0.545 e. The molecular formula is C20H20KN3O3. The second-order valence-electron chi connectivity index (χ2n) is 5.98. The van der Waals surface area contributed by atoms with Gasteiger partial charge >= 0.3 is 51.4 Å². The van der Waals surface area contributed by atoms with Crippen LogP contribution in [-0.4, -0.2) is 22.6 Å². The second-order valence-corrected chi connectivity index (χ2v) is 5.98. The molecule has 0 unspecified atom stereocenters. The van der Waals surface area contributed by atoms with Gasteiger partial charge in [-0.05, 0) is 28.8 Å². The predicted octanol–water partition coefficient (Wildman–Crippen LogP) is -1.40. The van der Waals surface area contributed by atoms with Crippen molar-refractivity contribution in [3.05, 3.63) is 83.4 Å². The number of carboxylic acids is 1. The van der Waals surface area contributed by atoms with E-state index in [1.54, 1.807) is 37.7 Å². The normalized spacial score (nSPS) is 10.3. The summed E-state index contributed by atoms with van der Waals surface area (Å²) in [6.45, 7) is 2.03. The summed E-state index contributed by atoms with van der Waals surface area (Å²) in [5, 5.41) is 14.1. The summed E-state index contributed by atoms with van der Waals surface area (Å²) in [7, 11) is 1.66. The number of methoxy groups -OCH3 is 1. The Balaban J connectivity index is 0.00000261. The molecule has 1 heterocycles. The molecular weight excluding hydrogens is 369 g/mol. The minimum absolute atomic E-state index is 0. The summed E-state index contributed by atoms with van der Waals surface area (Å²) in [6.07, 6.45) is 3.75. The Kier molecular flexibility index (Phi) is 8.68. The summed E-state index contributed by atoms with van der Waals surface area (Å²) in [6, 6.07) is 14.6. The van der Waals surface area contributed by atoms with Crippen molar-refractivity contribution in [2.45, 2.75) is 19.6 Å². The number of carbonyl (C=O) groups excluding carboxylic acids is 1. The van der Waals surface area contributed by atoms with E-state index >= 15 is 0 Å². The van der Waals surface area contributed by atoms with E-state index in [0.717, 1.165) is 29.1 Å². The van der Waals surface area contributed by atoms with Crippen LogP contribution in [0.2, 0.25) is 0 Å². The van der Waals surface area contributed by atoms with Crippen molar-refractivity contribution in [3.63, 3.8) is 0 Å². The van der Waals surface area contributed by atoms with Crippen LogP contribution in [-0.2, 0) is 19.6 Å². The summed E-state index contributed by atoms with van der Waals surface area (Å²) >= 11 is 0. The number of hydrogen-bond donors (Lipinski definition) is 1. The minimum atomic E-state index is -1.16. The van der Waals surface area contributed by atoms with Crippen LogP contribution in [0.5, 0.6) is 5.75 Å². The first-order valence-electron chi connectivity index (χ1n) is 8.28. The number of rotatable bonds is 8. The van der Waals surface area contributed by atoms with Crippen molar-refractivity contribution in [2.75, 3.05) is 7.11 Å². The van der Waals surface area contributed by atoms with Gasteiger partial charge < -0.3 is 24.5 Å². The molecule has 3 rings (SSSR count). The largest absolute Gasteiger partial charge is 1.00 e. The predicted molar refractivity (Wildman–Crippen MR) is 95.6 cm³/mol. The first-order valence-corrected chi connectivity index (χ1v) is 8.28. The van der Waals surface area contributed by atoms with Crippen molar-refractivity contribution < 1.29 is 66.0 Å². The molecule has 0 spiro atoms. The van der Waals surface area contributed by atoms with E-state index in [9.17, 15) is 9.90 Å². The van der Waals surface area contributed by atoms with E-state index in [-0.39, 0.29) is 56.9 Å². The Hall–Kier alpha value is -1.48. The molecule has 27 heavy (non-hydrogen) atoms. The Morgan fingerprint density at radius 3 is 2.63 bits per heavy atom. The number of ether oxygens (including phenoxy) is 1. The molecule has 7 heteroatoms. The van der Waals surface area contributed by atoms with Gasteiger partial charge in [0.1, 0.15) is 5.75 Å². The maximum Gasteiger partial charge on any atom is 1.00 e. The van der Waals surface area contributed by atoms with Gasteiger partial charge in [-0.3, -0.25) is 0 Å². The quantitative estimate of drug-likeness (QED) is 0.480. The van der Waals surface area contributed by atoms with Gasteiger partial charge in [-0.15, -0.1) is 0 Å². The van der Waals surface area contributed by atoms with Gasteiger partial charge in [0.15, 0.2) is 0 Å². The van der Waals surface area contributed by atoms with Crippen LogP contribution in [0.15, 0.2) is 61.1 Å². The van der Waals surface area contributed by atoms with Gasteiger partial charge in [-0.2, -0.15) is 0 Å². The van der Waals surface area contributed by atoms with E-state index in [0.29, 0.717) is 13.1 Å². The molecule has 0 atom stereocenters. The zero-order chi connectivity index (χ0) is 18.4. The maximum atomic E-state index is 10.8. The standard InChI is InChI=1S/C20H21N3O3.K/c1-26-19-4-2-3-16(9-19)10-21-11-18-13-23(14-22-18)12-15-5-7-17(8-6-15)20(24)25;/h2-9,13-14,21H,10-12H2,1H3,(H,24,25);/q;+1/p-1. The average molecular weight is 389 g/mol. The zero-order valence-corrected chi connectivity index (χ0v) is 18.6. The fourth-order valence-corrected chi connectivity index (χ4v) is 2.66. The summed E-state index contributed by atoms with van der Waals surface area (Å²) < 4.78 is 7.19. The zero-order valence-electron chi connectivity index (χ0n) is 15.5. The summed E-state index contributed by atoms with van der Waals surface area (Å²) in [5.41, 5.74) is 3.28. The number of aromatic carboxylic acids is 1. The third kappa shape index (κ3) is 6.56. The van der Waals surface area contributed by atoms with Gasteiger partial charge in [-0.1, -0.05) is 36.4 Å². The molecule has 2 aromatic carbocycles. The van der Waals surface area contributed by atoms with Crippen molar-refractivity contribution in [3.8, 4) is 5.75 Å². The van der Waals surface area contributed by atoms with Crippen molar-refractivity contribution >= 4 is 5.97 Å². The number of benzene rings is 2. The van der Waals surface area contributed by atoms with Crippen LogP contribution in [0.1, 0.15) is 27.2 Å². The fraction of sp³-hybridized carbons (Fsp3) is 0.200. The van der Waals surface area contributed by atoms with Crippen molar-refractivity contribution in [1.29, 1.82) is 0 Å². The van der Waals surface area contributed by atoms with Crippen LogP contribution in [0.25, 0.3) is 0 Å². The van der Waals surface area contributed by atoms with Gasteiger partial charge in [0.2, 0.25) is 0 Å². The summed E-state index contributed by atoms with van der Waals surface area (Å²) in [4.78, 5) is 15.2. The van der Waals surface area contributed by atoms with E-state index in [2.05, 4.69) is 10.3 Å². The third-order valence-corrected chi connectivity index (χ3v) is 4.01. The number of hydrogen-bond acceptors (Lipinski definition) is 5. The molecule has 0 fully saturated rings. The van der Waals surface area contributed by atoms with E-state index in [4.69, 9.17) is 4.74 Å². The second kappa shape index (κ2) is 10.7. The molecule has 0 aliphatic carbocycles. The summed E-state index contributed by atoms with van der Waals surface area (Å²) in [5.74, 6) is -0.318. The Labute approximate surface area is 201 Å². The molecule has 0 saturated heterocycles. The number of aromatic nitrogens is 2. The topological polar surface area (TPSA) is 79.2 Å².